The summed E-state index contributed by atoms with van der Waals surface area (Å²) in [5.41, 5.74) is 0.000275. The zero-order valence-corrected chi connectivity index (χ0v) is 14.6. The van der Waals surface area contributed by atoms with Crippen molar-refractivity contribution in [1.29, 1.82) is 0 Å². The first-order valence-corrected chi connectivity index (χ1v) is 7.96. The molecule has 2 N–H and O–H groups in total. The lowest BCUT2D eigenvalue weighted by Crippen LogP contribution is -2.37. The van der Waals surface area contributed by atoms with Gasteiger partial charge in [-0.05, 0) is 36.8 Å². The molecule has 0 saturated carbocycles. The lowest BCUT2D eigenvalue weighted by molar-refractivity contribution is 0.0935. The number of rotatable bonds is 3. The van der Waals surface area contributed by atoms with Gasteiger partial charge in [0.2, 0.25) is 0 Å². The Morgan fingerprint density at radius 2 is 1.88 bits per heavy atom. The second-order valence-electron chi connectivity index (χ2n) is 6.06. The van der Waals surface area contributed by atoms with Crippen molar-refractivity contribution in [1.82, 2.24) is 19.4 Å². The van der Waals surface area contributed by atoms with Crippen LogP contribution in [-0.2, 0) is 14.1 Å². The van der Waals surface area contributed by atoms with Gasteiger partial charge in [-0.1, -0.05) is 12.1 Å². The van der Waals surface area contributed by atoms with Gasteiger partial charge in [-0.2, -0.15) is 0 Å². The lowest BCUT2D eigenvalue weighted by atomic mass is 10.1. The molecule has 0 aliphatic carbocycles. The van der Waals surface area contributed by atoms with E-state index < -0.39 is 17.2 Å². The number of phenols is 1. The van der Waals surface area contributed by atoms with Gasteiger partial charge in [-0.25, -0.2) is 9.78 Å². The molecule has 2 heterocycles. The van der Waals surface area contributed by atoms with E-state index in [1.54, 1.807) is 31.2 Å². The number of carbonyl (C=O) groups excluding carboxylic acids is 1. The molecule has 1 unspecified atom stereocenters. The van der Waals surface area contributed by atoms with Crippen LogP contribution in [0.3, 0.4) is 0 Å². The number of amides is 1. The standard InChI is InChI=1S/C18H18N4O4/c1-10(11-5-4-6-12(23)9-11)19-16(24)14-8-7-13-15(20-14)21(2)18(26)22(3)17(13)25/h4-10,23H,1-3H3,(H,19,24). The second-order valence-corrected chi connectivity index (χ2v) is 6.06. The number of aromatic hydroxyl groups is 1. The smallest absolute Gasteiger partial charge is 0.332 e. The molecule has 2 aromatic heterocycles. The largest absolute Gasteiger partial charge is 0.508 e. The molecule has 1 amide bonds. The number of pyridine rings is 1. The minimum absolute atomic E-state index is 0.0905. The van der Waals surface area contributed by atoms with Crippen LogP contribution in [-0.4, -0.2) is 25.1 Å². The Hall–Kier alpha value is -3.42. The number of benzene rings is 1. The van der Waals surface area contributed by atoms with E-state index in [4.69, 9.17) is 0 Å². The monoisotopic (exact) mass is 354 g/mol. The van der Waals surface area contributed by atoms with Gasteiger partial charge in [0.1, 0.15) is 17.1 Å². The number of hydrogen-bond donors (Lipinski definition) is 2. The van der Waals surface area contributed by atoms with E-state index in [1.807, 2.05) is 0 Å². The van der Waals surface area contributed by atoms with E-state index in [9.17, 15) is 19.5 Å². The van der Waals surface area contributed by atoms with Crippen LogP contribution in [0.2, 0.25) is 0 Å². The Labute approximate surface area is 148 Å². The molecule has 3 rings (SSSR count). The van der Waals surface area contributed by atoms with Crippen molar-refractivity contribution in [3.8, 4) is 5.75 Å². The molecule has 0 saturated heterocycles. The second kappa shape index (κ2) is 6.47. The van der Waals surface area contributed by atoms with E-state index in [2.05, 4.69) is 10.3 Å². The Kier molecular flexibility index (Phi) is 4.33. The fourth-order valence-electron chi connectivity index (χ4n) is 2.73. The summed E-state index contributed by atoms with van der Waals surface area (Å²) in [6.07, 6.45) is 0. The van der Waals surface area contributed by atoms with E-state index in [1.165, 1.54) is 30.8 Å². The Bertz CT molecular complexity index is 1130. The summed E-state index contributed by atoms with van der Waals surface area (Å²) >= 11 is 0. The number of nitrogens with zero attached hydrogens (tertiary/aromatic N) is 3. The molecular weight excluding hydrogens is 336 g/mol. The van der Waals surface area contributed by atoms with Gasteiger partial charge in [0.05, 0.1) is 11.4 Å². The van der Waals surface area contributed by atoms with Crippen molar-refractivity contribution in [2.75, 3.05) is 0 Å². The molecule has 1 atom stereocenters. The highest BCUT2D eigenvalue weighted by Gasteiger charge is 2.16. The zero-order chi connectivity index (χ0) is 19.0. The van der Waals surface area contributed by atoms with Crippen molar-refractivity contribution >= 4 is 16.9 Å². The molecule has 0 aliphatic rings. The van der Waals surface area contributed by atoms with Crippen LogP contribution in [0, 0.1) is 0 Å². The van der Waals surface area contributed by atoms with Crippen molar-refractivity contribution in [3.05, 3.63) is 68.5 Å². The normalized spacial score (nSPS) is 12.1. The van der Waals surface area contributed by atoms with Crippen LogP contribution in [0.15, 0.2) is 46.0 Å². The predicted molar refractivity (Wildman–Crippen MR) is 96.2 cm³/mol. The van der Waals surface area contributed by atoms with Gasteiger partial charge in [-0.3, -0.25) is 18.7 Å². The number of carbonyl (C=O) groups is 1. The summed E-state index contributed by atoms with van der Waals surface area (Å²) in [5.74, 6) is -0.339. The lowest BCUT2D eigenvalue weighted by Gasteiger charge is -2.15. The van der Waals surface area contributed by atoms with Gasteiger partial charge >= 0.3 is 5.69 Å². The molecule has 0 bridgehead atoms. The summed E-state index contributed by atoms with van der Waals surface area (Å²) in [7, 11) is 2.88. The topological polar surface area (TPSA) is 106 Å². The highest BCUT2D eigenvalue weighted by molar-refractivity contribution is 5.94. The van der Waals surface area contributed by atoms with Crippen LogP contribution >= 0.6 is 0 Å². The third-order valence-electron chi connectivity index (χ3n) is 4.25. The Morgan fingerprint density at radius 1 is 1.15 bits per heavy atom. The third kappa shape index (κ3) is 2.97. The molecule has 0 fully saturated rings. The number of aromatic nitrogens is 3. The molecule has 8 heteroatoms. The predicted octanol–water partition coefficient (Wildman–Crippen LogP) is 0.829. The van der Waals surface area contributed by atoms with Gasteiger partial charge in [0.25, 0.3) is 11.5 Å². The summed E-state index contributed by atoms with van der Waals surface area (Å²) in [5, 5.41) is 12.6. The molecule has 0 radical (unpaired) electrons. The van der Waals surface area contributed by atoms with Crippen LogP contribution < -0.4 is 16.6 Å². The van der Waals surface area contributed by atoms with E-state index >= 15 is 0 Å². The van der Waals surface area contributed by atoms with Crippen LogP contribution in [0.25, 0.3) is 11.0 Å². The molecule has 134 valence electrons. The molecular formula is C18H18N4O4. The van der Waals surface area contributed by atoms with Gasteiger partial charge < -0.3 is 10.4 Å². The van der Waals surface area contributed by atoms with Crippen LogP contribution in [0.1, 0.15) is 29.0 Å². The molecule has 26 heavy (non-hydrogen) atoms. The minimum Gasteiger partial charge on any atom is -0.508 e. The summed E-state index contributed by atoms with van der Waals surface area (Å²) in [4.78, 5) is 40.9. The molecule has 0 spiro atoms. The number of fused-ring (bicyclic) bond motifs is 1. The average molecular weight is 354 g/mol. The number of phenolic OH excluding ortho intramolecular Hbond substituents is 1. The summed E-state index contributed by atoms with van der Waals surface area (Å²) in [6, 6.07) is 9.14. The first-order valence-electron chi connectivity index (χ1n) is 7.96. The first-order chi connectivity index (χ1) is 12.3. The Balaban J connectivity index is 1.96. The maximum absolute atomic E-state index is 12.5. The van der Waals surface area contributed by atoms with Crippen molar-refractivity contribution in [2.24, 2.45) is 14.1 Å². The summed E-state index contributed by atoms with van der Waals surface area (Å²) < 4.78 is 2.22. The van der Waals surface area contributed by atoms with Crippen LogP contribution in [0.4, 0.5) is 0 Å². The van der Waals surface area contributed by atoms with E-state index in [-0.39, 0.29) is 28.5 Å². The van der Waals surface area contributed by atoms with Gasteiger partial charge in [0, 0.05) is 14.1 Å². The highest BCUT2D eigenvalue weighted by Crippen LogP contribution is 2.18. The first kappa shape index (κ1) is 17.4. The van der Waals surface area contributed by atoms with E-state index in [0.29, 0.717) is 0 Å². The third-order valence-corrected chi connectivity index (χ3v) is 4.25. The quantitative estimate of drug-likeness (QED) is 0.725. The Morgan fingerprint density at radius 3 is 2.58 bits per heavy atom. The van der Waals surface area contributed by atoms with E-state index in [0.717, 1.165) is 10.1 Å². The fourth-order valence-corrected chi connectivity index (χ4v) is 2.73. The highest BCUT2D eigenvalue weighted by atomic mass is 16.3. The van der Waals surface area contributed by atoms with Crippen molar-refractivity contribution in [2.45, 2.75) is 13.0 Å². The van der Waals surface area contributed by atoms with Gasteiger partial charge in [0.15, 0.2) is 0 Å². The number of nitrogens with one attached hydrogen (secondary N) is 1. The van der Waals surface area contributed by atoms with Crippen molar-refractivity contribution in [3.63, 3.8) is 0 Å². The number of aryl methyl sites for hydroxylation is 1. The van der Waals surface area contributed by atoms with Crippen molar-refractivity contribution < 1.29 is 9.90 Å². The zero-order valence-electron chi connectivity index (χ0n) is 14.6. The fraction of sp³-hybridized carbons (Fsp3) is 0.222. The minimum atomic E-state index is -0.513. The molecule has 0 aliphatic heterocycles. The molecule has 1 aromatic carbocycles. The van der Waals surface area contributed by atoms with Gasteiger partial charge in [-0.15, -0.1) is 0 Å². The van der Waals surface area contributed by atoms with Crippen LogP contribution in [0.5, 0.6) is 5.75 Å². The summed E-state index contributed by atoms with van der Waals surface area (Å²) in [6.45, 7) is 1.78. The molecule has 8 nitrogen and oxygen atoms in total. The maximum Gasteiger partial charge on any atom is 0.332 e. The SMILES string of the molecule is CC(NC(=O)c1ccc2c(=O)n(C)c(=O)n(C)c2n1)c1cccc(O)c1. The maximum atomic E-state index is 12.5. The molecule has 3 aromatic rings. The number of hydrogen-bond acceptors (Lipinski definition) is 5. The average Bonchev–Trinajstić information content (AvgIpc) is 2.64.